The zero-order valence-corrected chi connectivity index (χ0v) is 12.1. The largest absolute Gasteiger partial charge is 0.481 e. The first-order valence-electron chi connectivity index (χ1n) is 6.97. The molecule has 1 saturated carbocycles. The molecule has 5 nitrogen and oxygen atoms in total. The van der Waals surface area contributed by atoms with Crippen molar-refractivity contribution < 1.29 is 19.4 Å². The van der Waals surface area contributed by atoms with Crippen LogP contribution in [0.15, 0.2) is 0 Å². The van der Waals surface area contributed by atoms with E-state index in [2.05, 4.69) is 13.8 Å². The number of rotatable bonds is 7. The van der Waals surface area contributed by atoms with E-state index in [1.165, 1.54) is 0 Å². The van der Waals surface area contributed by atoms with Crippen LogP contribution in [0.4, 0.5) is 0 Å². The Labute approximate surface area is 114 Å². The summed E-state index contributed by atoms with van der Waals surface area (Å²) < 4.78 is 5.03. The minimum Gasteiger partial charge on any atom is -0.481 e. The summed E-state index contributed by atoms with van der Waals surface area (Å²) in [4.78, 5) is 25.5. The Morgan fingerprint density at radius 2 is 1.95 bits per heavy atom. The minimum atomic E-state index is -0.841. The predicted octanol–water partition coefficient (Wildman–Crippen LogP) is 1.62. The molecule has 1 fully saturated rings. The average Bonchev–Trinajstić information content (AvgIpc) is 2.82. The third-order valence-corrected chi connectivity index (χ3v) is 3.61. The van der Waals surface area contributed by atoms with Crippen LogP contribution in [0.2, 0.25) is 0 Å². The number of carbonyl (C=O) groups is 2. The van der Waals surface area contributed by atoms with Crippen molar-refractivity contribution in [2.45, 2.75) is 33.1 Å². The van der Waals surface area contributed by atoms with Crippen molar-refractivity contribution in [1.29, 1.82) is 0 Å². The molecule has 0 radical (unpaired) electrons. The van der Waals surface area contributed by atoms with Crippen molar-refractivity contribution in [3.8, 4) is 0 Å². The molecule has 110 valence electrons. The number of carboxylic acids is 1. The highest BCUT2D eigenvalue weighted by Gasteiger charge is 2.39. The molecule has 1 aliphatic rings. The van der Waals surface area contributed by atoms with Crippen LogP contribution in [-0.2, 0) is 14.3 Å². The topological polar surface area (TPSA) is 66.8 Å². The molecule has 5 heteroatoms. The van der Waals surface area contributed by atoms with E-state index in [1.807, 2.05) is 0 Å². The highest BCUT2D eigenvalue weighted by Crippen LogP contribution is 2.33. The zero-order chi connectivity index (χ0) is 14.4. The second kappa shape index (κ2) is 7.48. The molecule has 1 rings (SSSR count). The molecule has 0 aromatic carbocycles. The lowest BCUT2D eigenvalue weighted by Crippen LogP contribution is -2.42. The summed E-state index contributed by atoms with van der Waals surface area (Å²) >= 11 is 0. The maximum atomic E-state index is 12.5. The Morgan fingerprint density at radius 3 is 2.47 bits per heavy atom. The van der Waals surface area contributed by atoms with E-state index in [9.17, 15) is 14.7 Å². The van der Waals surface area contributed by atoms with Gasteiger partial charge in [-0.1, -0.05) is 20.3 Å². The zero-order valence-electron chi connectivity index (χ0n) is 12.1. The van der Waals surface area contributed by atoms with Gasteiger partial charge in [0.15, 0.2) is 0 Å². The van der Waals surface area contributed by atoms with Gasteiger partial charge in [-0.25, -0.2) is 0 Å². The molecule has 0 aromatic rings. The molecule has 0 aromatic heterocycles. The van der Waals surface area contributed by atoms with Crippen molar-refractivity contribution in [1.82, 2.24) is 4.90 Å². The first-order valence-corrected chi connectivity index (χ1v) is 6.97. The maximum Gasteiger partial charge on any atom is 0.307 e. The van der Waals surface area contributed by atoms with E-state index in [-0.39, 0.29) is 11.8 Å². The summed E-state index contributed by atoms with van der Waals surface area (Å²) in [5, 5.41) is 9.18. The van der Waals surface area contributed by atoms with Crippen molar-refractivity contribution in [2.75, 3.05) is 26.8 Å². The van der Waals surface area contributed by atoms with Gasteiger partial charge in [-0.15, -0.1) is 0 Å². The van der Waals surface area contributed by atoms with Gasteiger partial charge in [0.1, 0.15) is 0 Å². The standard InChI is InChI=1S/C14H25NO4/c1-10(2)9-15(7-8-19-3)13(16)11-5-4-6-12(11)14(17)18/h10-12H,4-9H2,1-3H3,(H,17,18)/t11-,12+/m1/s1. The average molecular weight is 271 g/mol. The lowest BCUT2D eigenvalue weighted by atomic mass is 9.94. The molecule has 0 spiro atoms. The lowest BCUT2D eigenvalue weighted by Gasteiger charge is -2.28. The van der Waals surface area contributed by atoms with E-state index in [0.717, 1.165) is 6.42 Å². The van der Waals surface area contributed by atoms with Crippen molar-refractivity contribution in [3.05, 3.63) is 0 Å². The van der Waals surface area contributed by atoms with Crippen LogP contribution in [0.1, 0.15) is 33.1 Å². The molecule has 19 heavy (non-hydrogen) atoms. The Kier molecular flexibility index (Phi) is 6.28. The number of carboxylic acid groups (broad SMARTS) is 1. The van der Waals surface area contributed by atoms with Crippen molar-refractivity contribution >= 4 is 11.9 Å². The molecule has 0 heterocycles. The van der Waals surface area contributed by atoms with E-state index in [1.54, 1.807) is 12.0 Å². The van der Waals surface area contributed by atoms with Crippen LogP contribution < -0.4 is 0 Å². The minimum absolute atomic E-state index is 0.0179. The lowest BCUT2D eigenvalue weighted by molar-refractivity contribution is -0.149. The van der Waals surface area contributed by atoms with Crippen LogP contribution in [0.3, 0.4) is 0 Å². The SMILES string of the molecule is COCCN(CC(C)C)C(=O)[C@@H]1CCC[C@@H]1C(=O)O. The number of amides is 1. The highest BCUT2D eigenvalue weighted by molar-refractivity contribution is 5.85. The molecule has 0 aliphatic heterocycles. The van der Waals surface area contributed by atoms with E-state index >= 15 is 0 Å². The van der Waals surface area contributed by atoms with Gasteiger partial charge in [-0.05, 0) is 18.8 Å². The number of aliphatic carboxylic acids is 1. The van der Waals surface area contributed by atoms with E-state index in [4.69, 9.17) is 4.74 Å². The van der Waals surface area contributed by atoms with E-state index < -0.39 is 11.9 Å². The molecule has 0 unspecified atom stereocenters. The fourth-order valence-corrected chi connectivity index (χ4v) is 2.72. The second-order valence-electron chi connectivity index (χ2n) is 5.65. The van der Waals surface area contributed by atoms with Gasteiger partial charge < -0.3 is 14.7 Å². The summed E-state index contributed by atoms with van der Waals surface area (Å²) in [6.07, 6.45) is 2.14. The molecule has 0 bridgehead atoms. The first-order chi connectivity index (χ1) is 8.97. The van der Waals surface area contributed by atoms with Gasteiger partial charge in [-0.3, -0.25) is 9.59 Å². The molecule has 1 aliphatic carbocycles. The normalized spacial score (nSPS) is 22.7. The number of hydrogen-bond donors (Lipinski definition) is 1. The smallest absolute Gasteiger partial charge is 0.307 e. The van der Waals surface area contributed by atoms with Crippen LogP contribution in [0.5, 0.6) is 0 Å². The van der Waals surface area contributed by atoms with Gasteiger partial charge in [0.25, 0.3) is 0 Å². The number of hydrogen-bond acceptors (Lipinski definition) is 3. The Bertz CT molecular complexity index is 317. The molecule has 1 amide bonds. The summed E-state index contributed by atoms with van der Waals surface area (Å²) in [5.41, 5.74) is 0. The number of ether oxygens (including phenoxy) is 1. The van der Waals surface area contributed by atoms with Gasteiger partial charge in [0.2, 0.25) is 5.91 Å². The highest BCUT2D eigenvalue weighted by atomic mass is 16.5. The third-order valence-electron chi connectivity index (χ3n) is 3.61. The summed E-state index contributed by atoms with van der Waals surface area (Å²) in [6.45, 7) is 5.79. The van der Waals surface area contributed by atoms with Crippen LogP contribution >= 0.6 is 0 Å². The molecule has 2 atom stereocenters. The fraction of sp³-hybridized carbons (Fsp3) is 0.857. The Balaban J connectivity index is 2.71. The van der Waals surface area contributed by atoms with E-state index in [0.29, 0.717) is 38.5 Å². The quantitative estimate of drug-likeness (QED) is 0.764. The van der Waals surface area contributed by atoms with Gasteiger partial charge in [0, 0.05) is 20.2 Å². The molecule has 1 N–H and O–H groups in total. The third kappa shape index (κ3) is 4.49. The second-order valence-corrected chi connectivity index (χ2v) is 5.65. The Hall–Kier alpha value is -1.10. The monoisotopic (exact) mass is 271 g/mol. The number of methoxy groups -OCH3 is 1. The number of nitrogens with zero attached hydrogens (tertiary/aromatic N) is 1. The summed E-state index contributed by atoms with van der Waals surface area (Å²) in [6, 6.07) is 0. The summed E-state index contributed by atoms with van der Waals surface area (Å²) in [7, 11) is 1.60. The number of carbonyl (C=O) groups excluding carboxylic acids is 1. The van der Waals surface area contributed by atoms with Crippen LogP contribution in [0.25, 0.3) is 0 Å². The fourth-order valence-electron chi connectivity index (χ4n) is 2.72. The van der Waals surface area contributed by atoms with Crippen LogP contribution in [0, 0.1) is 17.8 Å². The van der Waals surface area contributed by atoms with Gasteiger partial charge in [-0.2, -0.15) is 0 Å². The molecular weight excluding hydrogens is 246 g/mol. The molecular formula is C14H25NO4. The van der Waals surface area contributed by atoms with Gasteiger partial charge >= 0.3 is 5.97 Å². The van der Waals surface area contributed by atoms with Crippen molar-refractivity contribution in [2.24, 2.45) is 17.8 Å². The van der Waals surface area contributed by atoms with Gasteiger partial charge in [0.05, 0.1) is 18.4 Å². The maximum absolute atomic E-state index is 12.5. The predicted molar refractivity (Wildman–Crippen MR) is 71.8 cm³/mol. The summed E-state index contributed by atoms with van der Waals surface area (Å²) in [5.74, 6) is -1.36. The van der Waals surface area contributed by atoms with Crippen LogP contribution in [-0.4, -0.2) is 48.7 Å². The van der Waals surface area contributed by atoms with Crippen molar-refractivity contribution in [3.63, 3.8) is 0 Å². The first kappa shape index (κ1) is 16.0. The molecule has 0 saturated heterocycles. The Morgan fingerprint density at radius 1 is 1.32 bits per heavy atom.